The van der Waals surface area contributed by atoms with Crippen LogP contribution in [-0.4, -0.2) is 61.4 Å². The first-order chi connectivity index (χ1) is 14.9. The van der Waals surface area contributed by atoms with Gasteiger partial charge in [-0.1, -0.05) is 30.3 Å². The van der Waals surface area contributed by atoms with Gasteiger partial charge in [-0.15, -0.1) is 0 Å². The van der Waals surface area contributed by atoms with Crippen molar-refractivity contribution in [3.63, 3.8) is 0 Å². The van der Waals surface area contributed by atoms with Gasteiger partial charge >= 0.3 is 6.18 Å². The van der Waals surface area contributed by atoms with Gasteiger partial charge in [-0.3, -0.25) is 0 Å². The molecule has 0 radical (unpaired) electrons. The maximum Gasteiger partial charge on any atom is 0.411 e. The van der Waals surface area contributed by atoms with Crippen molar-refractivity contribution in [1.29, 1.82) is 0 Å². The minimum atomic E-state index is -4.32. The molecule has 0 aliphatic carbocycles. The van der Waals surface area contributed by atoms with E-state index in [1.54, 1.807) is 12.3 Å². The van der Waals surface area contributed by atoms with E-state index < -0.39 is 12.8 Å². The molecule has 1 aliphatic rings. The van der Waals surface area contributed by atoms with Gasteiger partial charge in [0.05, 0.1) is 13.2 Å². The summed E-state index contributed by atoms with van der Waals surface area (Å²) < 4.78 is 41.5. The highest BCUT2D eigenvalue weighted by Gasteiger charge is 2.27. The van der Waals surface area contributed by atoms with Gasteiger partial charge in [0.25, 0.3) is 0 Å². The third-order valence-corrected chi connectivity index (χ3v) is 4.82. The predicted molar refractivity (Wildman–Crippen MR) is 115 cm³/mol. The zero-order chi connectivity index (χ0) is 22.1. The molecule has 31 heavy (non-hydrogen) atoms. The number of guanidine groups is 1. The smallest absolute Gasteiger partial charge is 0.367 e. The van der Waals surface area contributed by atoms with Crippen LogP contribution >= 0.6 is 0 Å². The number of rotatable bonds is 7. The number of alkyl halides is 3. The van der Waals surface area contributed by atoms with Crippen molar-refractivity contribution in [2.24, 2.45) is 4.99 Å². The van der Waals surface area contributed by atoms with E-state index in [1.165, 1.54) is 0 Å². The molecule has 3 rings (SSSR count). The number of ether oxygens (including phenoxy) is 1. The molecule has 1 fully saturated rings. The Kier molecular flexibility index (Phi) is 8.11. The minimum Gasteiger partial charge on any atom is -0.367 e. The van der Waals surface area contributed by atoms with Gasteiger partial charge in [0.1, 0.15) is 12.4 Å². The van der Waals surface area contributed by atoms with Crippen LogP contribution in [0, 0.1) is 0 Å². The van der Waals surface area contributed by atoms with E-state index >= 15 is 0 Å². The average molecular weight is 435 g/mol. The van der Waals surface area contributed by atoms with Crippen LogP contribution in [0.5, 0.6) is 0 Å². The second-order valence-corrected chi connectivity index (χ2v) is 7.26. The molecule has 0 atom stereocenters. The van der Waals surface area contributed by atoms with E-state index in [2.05, 4.69) is 20.1 Å². The Hall–Kier alpha value is -2.81. The highest BCUT2D eigenvalue weighted by molar-refractivity contribution is 5.80. The second-order valence-electron chi connectivity index (χ2n) is 7.26. The molecule has 1 aromatic heterocycles. The summed E-state index contributed by atoms with van der Waals surface area (Å²) in [5, 5.41) is 3.33. The molecule has 1 aromatic carbocycles. The molecule has 1 saturated heterocycles. The quantitative estimate of drug-likeness (QED) is 0.533. The van der Waals surface area contributed by atoms with Crippen LogP contribution in [0.25, 0.3) is 0 Å². The number of hydrogen-bond acceptors (Lipinski definition) is 4. The lowest BCUT2D eigenvalue weighted by molar-refractivity contribution is -0.176. The fourth-order valence-electron chi connectivity index (χ4n) is 3.38. The van der Waals surface area contributed by atoms with E-state index in [9.17, 15) is 13.2 Å². The summed E-state index contributed by atoms with van der Waals surface area (Å²) in [6.07, 6.45) is -2.52. The summed E-state index contributed by atoms with van der Waals surface area (Å²) in [6, 6.07) is 13.2. The van der Waals surface area contributed by atoms with E-state index in [0.29, 0.717) is 12.1 Å². The van der Waals surface area contributed by atoms with Crippen LogP contribution in [0.4, 0.5) is 19.0 Å². The van der Waals surface area contributed by atoms with Gasteiger partial charge < -0.3 is 19.9 Å². The van der Waals surface area contributed by atoms with Crippen LogP contribution < -0.4 is 10.2 Å². The maximum atomic E-state index is 12.3. The van der Waals surface area contributed by atoms with Gasteiger partial charge in [-0.2, -0.15) is 13.2 Å². The largest absolute Gasteiger partial charge is 0.411 e. The summed E-state index contributed by atoms with van der Waals surface area (Å²) in [6.45, 7) is 5.26. The van der Waals surface area contributed by atoms with Crippen molar-refractivity contribution in [2.75, 3.05) is 44.2 Å². The molecule has 1 aliphatic heterocycles. The third-order valence-electron chi connectivity index (χ3n) is 4.82. The molecule has 2 aromatic rings. The van der Waals surface area contributed by atoms with Crippen LogP contribution in [0.15, 0.2) is 53.7 Å². The lowest BCUT2D eigenvalue weighted by atomic mass is 10.1. The van der Waals surface area contributed by atoms with Crippen LogP contribution in [0.3, 0.4) is 0 Å². The number of anilines is 1. The number of hydrogen-bond donors (Lipinski definition) is 1. The lowest BCUT2D eigenvalue weighted by Crippen LogP contribution is -2.52. The number of aliphatic imine (C=N–C) groups is 1. The zero-order valence-electron chi connectivity index (χ0n) is 17.6. The lowest BCUT2D eigenvalue weighted by Gasteiger charge is -2.37. The van der Waals surface area contributed by atoms with Gasteiger partial charge in [-0.25, -0.2) is 9.98 Å². The number of aromatic nitrogens is 1. The van der Waals surface area contributed by atoms with E-state index in [4.69, 9.17) is 9.73 Å². The average Bonchev–Trinajstić information content (AvgIpc) is 2.77. The van der Waals surface area contributed by atoms with Crippen molar-refractivity contribution in [2.45, 2.75) is 26.3 Å². The number of nitrogens with one attached hydrogen (secondary N) is 1. The van der Waals surface area contributed by atoms with Gasteiger partial charge in [0.15, 0.2) is 5.96 Å². The molecular weight excluding hydrogens is 407 g/mol. The fraction of sp³-hybridized carbons (Fsp3) is 0.455. The number of pyridine rings is 1. The van der Waals surface area contributed by atoms with Crippen LogP contribution in [-0.2, 0) is 17.9 Å². The molecule has 1 N–H and O–H groups in total. The van der Waals surface area contributed by atoms with Crippen molar-refractivity contribution < 1.29 is 17.9 Å². The molecule has 0 unspecified atom stereocenters. The predicted octanol–water partition coefficient (Wildman–Crippen LogP) is 3.45. The topological polar surface area (TPSA) is 53.0 Å². The van der Waals surface area contributed by atoms with Crippen molar-refractivity contribution >= 4 is 11.8 Å². The Morgan fingerprint density at radius 2 is 1.87 bits per heavy atom. The van der Waals surface area contributed by atoms with E-state index in [-0.39, 0.29) is 6.61 Å². The Morgan fingerprint density at radius 3 is 2.55 bits per heavy atom. The Bertz CT molecular complexity index is 837. The molecule has 0 bridgehead atoms. The summed E-state index contributed by atoms with van der Waals surface area (Å²) in [5.74, 6) is 1.82. The highest BCUT2D eigenvalue weighted by atomic mass is 19.4. The van der Waals surface area contributed by atoms with Crippen LogP contribution in [0.1, 0.15) is 18.1 Å². The van der Waals surface area contributed by atoms with Gasteiger partial charge in [0.2, 0.25) is 0 Å². The third kappa shape index (κ3) is 7.43. The van der Waals surface area contributed by atoms with E-state index in [1.807, 2.05) is 43.3 Å². The number of piperazine rings is 1. The fourth-order valence-corrected chi connectivity index (χ4v) is 3.38. The molecule has 9 heteroatoms. The summed E-state index contributed by atoms with van der Waals surface area (Å²) >= 11 is 0. The van der Waals surface area contributed by atoms with Crippen LogP contribution in [0.2, 0.25) is 0 Å². The Labute approximate surface area is 180 Å². The van der Waals surface area contributed by atoms with Crippen molar-refractivity contribution in [3.05, 3.63) is 59.8 Å². The number of benzene rings is 1. The molecule has 6 nitrogen and oxygen atoms in total. The highest BCUT2D eigenvalue weighted by Crippen LogP contribution is 2.16. The first-order valence-electron chi connectivity index (χ1n) is 10.4. The van der Waals surface area contributed by atoms with E-state index in [0.717, 1.165) is 50.1 Å². The Balaban J connectivity index is 1.57. The Morgan fingerprint density at radius 1 is 1.10 bits per heavy atom. The molecule has 2 heterocycles. The molecular formula is C22H28F3N5O. The first-order valence-corrected chi connectivity index (χ1v) is 10.4. The summed E-state index contributed by atoms with van der Waals surface area (Å²) in [4.78, 5) is 13.6. The molecule has 168 valence electrons. The molecule has 0 amide bonds. The maximum absolute atomic E-state index is 12.3. The molecule has 0 spiro atoms. The monoisotopic (exact) mass is 435 g/mol. The van der Waals surface area contributed by atoms with Crippen molar-refractivity contribution in [1.82, 2.24) is 15.2 Å². The second kappa shape index (κ2) is 11.0. The minimum absolute atomic E-state index is 0.0768. The summed E-state index contributed by atoms with van der Waals surface area (Å²) in [7, 11) is 0. The SMILES string of the molecule is CCNC(=NCc1cccc(COCC(F)(F)F)c1)N1CCN(c2ccccn2)CC1. The zero-order valence-corrected chi connectivity index (χ0v) is 17.6. The standard InChI is InChI=1S/C22H28F3N5O/c1-2-26-21(30-12-10-29(11-13-30)20-8-3-4-9-27-20)28-15-18-6-5-7-19(14-18)16-31-17-22(23,24)25/h3-9,14H,2,10-13,15-17H2,1H3,(H,26,28). The normalized spacial score (nSPS) is 15.3. The summed E-state index contributed by atoms with van der Waals surface area (Å²) in [5.41, 5.74) is 1.63. The first kappa shape index (κ1) is 22.9. The van der Waals surface area contributed by atoms with Gasteiger partial charge in [-0.05, 0) is 30.2 Å². The number of nitrogens with zero attached hydrogens (tertiary/aromatic N) is 4. The molecule has 0 saturated carbocycles. The number of halogens is 3. The van der Waals surface area contributed by atoms with Gasteiger partial charge in [0, 0.05) is 38.9 Å². The van der Waals surface area contributed by atoms with Crippen molar-refractivity contribution in [3.8, 4) is 0 Å².